The molecule has 2 amide bonds. The number of amides is 2. The van der Waals surface area contributed by atoms with Crippen molar-refractivity contribution in [1.82, 2.24) is 10.6 Å². The molecule has 0 aromatic carbocycles. The van der Waals surface area contributed by atoms with E-state index in [1.54, 1.807) is 0 Å². The lowest BCUT2D eigenvalue weighted by Gasteiger charge is -2.19. The van der Waals surface area contributed by atoms with Crippen molar-refractivity contribution >= 4 is 11.8 Å². The SMILES string of the molecule is N#CC1(C(=O)NCCCC(=O)NC2CC2)CCCC1. The number of carbonyl (C=O) groups is 2. The molecule has 0 spiro atoms. The van der Waals surface area contributed by atoms with Crippen LogP contribution in [-0.2, 0) is 9.59 Å². The highest BCUT2D eigenvalue weighted by Crippen LogP contribution is 2.37. The van der Waals surface area contributed by atoms with Gasteiger partial charge in [-0.05, 0) is 32.1 Å². The van der Waals surface area contributed by atoms with Crippen LogP contribution in [0.4, 0.5) is 0 Å². The lowest BCUT2D eigenvalue weighted by molar-refractivity contribution is -0.128. The molecule has 2 N–H and O–H groups in total. The highest BCUT2D eigenvalue weighted by Gasteiger charge is 2.41. The fourth-order valence-corrected chi connectivity index (χ4v) is 2.52. The summed E-state index contributed by atoms with van der Waals surface area (Å²) >= 11 is 0. The average Bonchev–Trinajstić information content (AvgIpc) is 3.08. The van der Waals surface area contributed by atoms with E-state index in [2.05, 4.69) is 16.7 Å². The van der Waals surface area contributed by atoms with Crippen LogP contribution < -0.4 is 10.6 Å². The first-order valence-electron chi connectivity index (χ1n) is 7.15. The van der Waals surface area contributed by atoms with Gasteiger partial charge < -0.3 is 10.6 Å². The number of carbonyl (C=O) groups excluding carboxylic acids is 2. The minimum absolute atomic E-state index is 0.0626. The third kappa shape index (κ3) is 3.69. The molecule has 2 fully saturated rings. The van der Waals surface area contributed by atoms with E-state index in [4.69, 9.17) is 5.26 Å². The van der Waals surface area contributed by atoms with Gasteiger partial charge in [0.15, 0.2) is 0 Å². The Labute approximate surface area is 113 Å². The van der Waals surface area contributed by atoms with E-state index in [9.17, 15) is 9.59 Å². The molecule has 2 saturated carbocycles. The molecule has 2 rings (SSSR count). The molecule has 19 heavy (non-hydrogen) atoms. The predicted octanol–water partition coefficient (Wildman–Crippen LogP) is 1.25. The third-order valence-corrected chi connectivity index (χ3v) is 3.91. The van der Waals surface area contributed by atoms with Gasteiger partial charge in [-0.2, -0.15) is 5.26 Å². The molecule has 0 radical (unpaired) electrons. The summed E-state index contributed by atoms with van der Waals surface area (Å²) in [5.41, 5.74) is -0.809. The van der Waals surface area contributed by atoms with Crippen LogP contribution in [0.15, 0.2) is 0 Å². The van der Waals surface area contributed by atoms with Crippen molar-refractivity contribution in [3.05, 3.63) is 0 Å². The molecular weight excluding hydrogens is 242 g/mol. The molecule has 0 atom stereocenters. The van der Waals surface area contributed by atoms with Gasteiger partial charge in [-0.15, -0.1) is 0 Å². The van der Waals surface area contributed by atoms with Crippen molar-refractivity contribution in [2.45, 2.75) is 57.4 Å². The van der Waals surface area contributed by atoms with Gasteiger partial charge in [-0.25, -0.2) is 0 Å². The Balaban J connectivity index is 1.63. The molecule has 0 unspecified atom stereocenters. The van der Waals surface area contributed by atoms with Crippen LogP contribution in [0, 0.1) is 16.7 Å². The summed E-state index contributed by atoms with van der Waals surface area (Å²) in [6.45, 7) is 0.473. The van der Waals surface area contributed by atoms with Crippen molar-refractivity contribution in [2.75, 3.05) is 6.54 Å². The van der Waals surface area contributed by atoms with E-state index in [1.807, 2.05) is 0 Å². The summed E-state index contributed by atoms with van der Waals surface area (Å²) in [5.74, 6) is -0.0947. The van der Waals surface area contributed by atoms with E-state index in [1.165, 1.54) is 0 Å². The summed E-state index contributed by atoms with van der Waals surface area (Å²) < 4.78 is 0. The largest absolute Gasteiger partial charge is 0.355 e. The second-order valence-corrected chi connectivity index (χ2v) is 5.60. The molecule has 0 saturated heterocycles. The van der Waals surface area contributed by atoms with Gasteiger partial charge in [0, 0.05) is 19.0 Å². The van der Waals surface area contributed by atoms with Gasteiger partial charge in [-0.1, -0.05) is 12.8 Å². The zero-order valence-electron chi connectivity index (χ0n) is 11.2. The molecule has 0 bridgehead atoms. The Morgan fingerprint density at radius 3 is 2.53 bits per heavy atom. The van der Waals surface area contributed by atoms with Crippen LogP contribution in [0.1, 0.15) is 51.4 Å². The number of hydrogen-bond acceptors (Lipinski definition) is 3. The number of nitriles is 1. The van der Waals surface area contributed by atoms with E-state index < -0.39 is 5.41 Å². The maximum absolute atomic E-state index is 12.0. The van der Waals surface area contributed by atoms with E-state index in [0.29, 0.717) is 38.3 Å². The lowest BCUT2D eigenvalue weighted by Crippen LogP contribution is -2.39. The molecule has 0 aliphatic heterocycles. The Hall–Kier alpha value is -1.57. The van der Waals surface area contributed by atoms with Crippen LogP contribution in [-0.4, -0.2) is 24.4 Å². The molecule has 0 aromatic heterocycles. The first kappa shape index (κ1) is 13.9. The quantitative estimate of drug-likeness (QED) is 0.707. The smallest absolute Gasteiger partial charge is 0.240 e. The maximum atomic E-state index is 12.0. The Bertz CT molecular complexity index is 390. The third-order valence-electron chi connectivity index (χ3n) is 3.91. The van der Waals surface area contributed by atoms with Crippen LogP contribution >= 0.6 is 0 Å². The first-order chi connectivity index (χ1) is 9.16. The fraction of sp³-hybridized carbons (Fsp3) is 0.786. The summed E-state index contributed by atoms with van der Waals surface area (Å²) in [6, 6.07) is 2.56. The lowest BCUT2D eigenvalue weighted by atomic mass is 9.87. The summed E-state index contributed by atoms with van der Waals surface area (Å²) in [6.07, 6.45) is 6.48. The van der Waals surface area contributed by atoms with Gasteiger partial charge in [0.25, 0.3) is 0 Å². The molecule has 0 heterocycles. The van der Waals surface area contributed by atoms with Gasteiger partial charge in [0.2, 0.25) is 11.8 Å². The molecule has 2 aliphatic carbocycles. The van der Waals surface area contributed by atoms with E-state index in [0.717, 1.165) is 25.7 Å². The minimum Gasteiger partial charge on any atom is -0.355 e. The highest BCUT2D eigenvalue weighted by atomic mass is 16.2. The summed E-state index contributed by atoms with van der Waals surface area (Å²) in [7, 11) is 0. The molecular formula is C14H21N3O2. The normalized spacial score (nSPS) is 20.6. The van der Waals surface area contributed by atoms with Crippen LogP contribution in [0.5, 0.6) is 0 Å². The van der Waals surface area contributed by atoms with Crippen molar-refractivity contribution < 1.29 is 9.59 Å². The number of nitrogens with one attached hydrogen (secondary N) is 2. The Morgan fingerprint density at radius 1 is 1.26 bits per heavy atom. The summed E-state index contributed by atoms with van der Waals surface area (Å²) in [5, 5.41) is 14.9. The van der Waals surface area contributed by atoms with Crippen LogP contribution in [0.2, 0.25) is 0 Å². The maximum Gasteiger partial charge on any atom is 0.240 e. The van der Waals surface area contributed by atoms with Crippen LogP contribution in [0.3, 0.4) is 0 Å². The topological polar surface area (TPSA) is 82.0 Å². The van der Waals surface area contributed by atoms with Crippen molar-refractivity contribution in [2.24, 2.45) is 5.41 Å². The number of hydrogen-bond donors (Lipinski definition) is 2. The average molecular weight is 263 g/mol. The monoisotopic (exact) mass is 263 g/mol. The first-order valence-corrected chi connectivity index (χ1v) is 7.15. The minimum atomic E-state index is -0.809. The highest BCUT2D eigenvalue weighted by molar-refractivity contribution is 5.85. The standard InChI is InChI=1S/C14H21N3O2/c15-10-14(7-1-2-8-14)13(19)16-9-3-4-12(18)17-11-5-6-11/h11H,1-9H2,(H,16,19)(H,17,18). The zero-order chi connectivity index (χ0) is 13.7. The Kier molecular flexibility index (Phi) is 4.41. The molecule has 104 valence electrons. The number of nitrogens with zero attached hydrogens (tertiary/aromatic N) is 1. The Morgan fingerprint density at radius 2 is 1.95 bits per heavy atom. The second kappa shape index (κ2) is 6.05. The van der Waals surface area contributed by atoms with Crippen LogP contribution in [0.25, 0.3) is 0 Å². The van der Waals surface area contributed by atoms with Gasteiger partial charge in [0.05, 0.1) is 6.07 Å². The van der Waals surface area contributed by atoms with E-state index in [-0.39, 0.29) is 11.8 Å². The van der Waals surface area contributed by atoms with Gasteiger partial charge >= 0.3 is 0 Å². The second-order valence-electron chi connectivity index (χ2n) is 5.60. The zero-order valence-corrected chi connectivity index (χ0v) is 11.2. The molecule has 5 heteroatoms. The molecule has 5 nitrogen and oxygen atoms in total. The summed E-state index contributed by atoms with van der Waals surface area (Å²) in [4.78, 5) is 23.4. The van der Waals surface area contributed by atoms with Crippen molar-refractivity contribution in [3.8, 4) is 6.07 Å². The molecule has 2 aliphatic rings. The predicted molar refractivity (Wildman–Crippen MR) is 69.9 cm³/mol. The van der Waals surface area contributed by atoms with Crippen molar-refractivity contribution in [3.63, 3.8) is 0 Å². The van der Waals surface area contributed by atoms with Crippen molar-refractivity contribution in [1.29, 1.82) is 5.26 Å². The number of rotatable bonds is 6. The fourth-order valence-electron chi connectivity index (χ4n) is 2.52. The van der Waals surface area contributed by atoms with Gasteiger partial charge in [-0.3, -0.25) is 9.59 Å². The molecule has 0 aromatic rings. The van der Waals surface area contributed by atoms with E-state index >= 15 is 0 Å². The van der Waals surface area contributed by atoms with Gasteiger partial charge in [0.1, 0.15) is 5.41 Å².